The summed E-state index contributed by atoms with van der Waals surface area (Å²) in [7, 11) is 0. The number of aryl methyl sites for hydroxylation is 3. The first-order valence-electron chi connectivity index (χ1n) is 23.5. The number of furan rings is 1. The molecule has 0 unspecified atom stereocenters. The fourth-order valence-electron chi connectivity index (χ4n) is 6.25. The highest BCUT2D eigenvalue weighted by atomic mass is 16.3. The molecule has 6 aromatic carbocycles. The molecule has 0 amide bonds. The summed E-state index contributed by atoms with van der Waals surface area (Å²) in [6.45, 7) is 26.4. The molecule has 0 radical (unpaired) electrons. The average Bonchev–Trinajstić information content (AvgIpc) is 3.73. The Labute approximate surface area is 389 Å². The van der Waals surface area contributed by atoms with E-state index in [9.17, 15) is 5.11 Å². The average molecular weight is 855 g/mol. The quantitative estimate of drug-likeness (QED) is 0.169. The van der Waals surface area contributed by atoms with Gasteiger partial charge in [-0.1, -0.05) is 242 Å². The summed E-state index contributed by atoms with van der Waals surface area (Å²) in [6, 6.07) is 51.2. The molecule has 2 heteroatoms. The molecule has 0 aliphatic heterocycles. The molecule has 1 heterocycles. The molecular formula is C62H78O2. The van der Waals surface area contributed by atoms with Crippen LogP contribution in [0.15, 0.2) is 204 Å². The Morgan fingerprint density at radius 3 is 1.61 bits per heavy atom. The highest BCUT2D eigenvalue weighted by Gasteiger charge is 2.11. The standard InChI is InChI=1S/C33H30O2.3C7H8.4C2H6/c1-3-7-23(2)12-13-25-16-18-31(34)29(21-25)27-9-6-8-24(20-27)14-15-26-17-19-33-30(22-26)28-10-4-5-11-32(28)35-33;3*1-7-5-3-2-4-6-7;4*1-2/h3-5,7,9-12,14-22,34H,6,8,13H2,1-2H3;3*2-6H,1H3;4*1-2H3/b7-3-,15-14+,23-12-;;;;;;;. The Bertz CT molecular complexity index is 2330. The van der Waals surface area contributed by atoms with Crippen LogP contribution in [-0.4, -0.2) is 5.11 Å². The molecule has 1 aliphatic rings. The van der Waals surface area contributed by atoms with Crippen LogP contribution in [0.1, 0.15) is 115 Å². The Morgan fingerprint density at radius 2 is 1.09 bits per heavy atom. The lowest BCUT2D eigenvalue weighted by atomic mass is 9.92. The predicted octanol–water partition coefficient (Wildman–Crippen LogP) is 19.3. The van der Waals surface area contributed by atoms with E-state index < -0.39 is 0 Å². The lowest BCUT2D eigenvalue weighted by Crippen LogP contribution is -1.93. The summed E-state index contributed by atoms with van der Waals surface area (Å²) >= 11 is 0. The Balaban J connectivity index is 0.000000569. The summed E-state index contributed by atoms with van der Waals surface area (Å²) in [6.07, 6.45) is 18.0. The molecule has 0 spiro atoms. The molecule has 338 valence electrons. The molecular weight excluding hydrogens is 777 g/mol. The number of rotatable bonds is 6. The molecule has 0 saturated carbocycles. The zero-order chi connectivity index (χ0) is 47.5. The van der Waals surface area contributed by atoms with Gasteiger partial charge in [0.25, 0.3) is 0 Å². The molecule has 1 N–H and O–H groups in total. The van der Waals surface area contributed by atoms with Crippen LogP contribution in [0.3, 0.4) is 0 Å². The van der Waals surface area contributed by atoms with Gasteiger partial charge in [-0.3, -0.25) is 0 Å². The van der Waals surface area contributed by atoms with E-state index in [1.165, 1.54) is 33.4 Å². The number of para-hydroxylation sites is 1. The summed E-state index contributed by atoms with van der Waals surface area (Å²) in [4.78, 5) is 0. The summed E-state index contributed by atoms with van der Waals surface area (Å²) in [5.74, 6) is 0.327. The number of phenols is 1. The van der Waals surface area contributed by atoms with Gasteiger partial charge in [0.2, 0.25) is 0 Å². The first kappa shape index (κ1) is 55.6. The Kier molecular flexibility index (Phi) is 29.7. The van der Waals surface area contributed by atoms with Crippen LogP contribution in [0, 0.1) is 20.8 Å². The number of aromatic hydroxyl groups is 1. The fraction of sp³-hybridized carbons (Fsp3) is 0.258. The van der Waals surface area contributed by atoms with Gasteiger partial charge in [-0.15, -0.1) is 0 Å². The maximum atomic E-state index is 10.6. The third kappa shape index (κ3) is 20.7. The molecule has 1 aliphatic carbocycles. The van der Waals surface area contributed by atoms with Crippen molar-refractivity contribution in [3.8, 4) is 5.75 Å². The van der Waals surface area contributed by atoms with Crippen molar-refractivity contribution < 1.29 is 9.52 Å². The van der Waals surface area contributed by atoms with Gasteiger partial charge in [0.15, 0.2) is 0 Å². The van der Waals surface area contributed by atoms with E-state index in [1.807, 2.05) is 153 Å². The van der Waals surface area contributed by atoms with Crippen LogP contribution < -0.4 is 0 Å². The Morgan fingerprint density at radius 1 is 0.578 bits per heavy atom. The van der Waals surface area contributed by atoms with Crippen molar-refractivity contribution in [2.75, 3.05) is 0 Å². The van der Waals surface area contributed by atoms with E-state index in [2.05, 4.69) is 131 Å². The number of hydrogen-bond donors (Lipinski definition) is 1. The largest absolute Gasteiger partial charge is 0.507 e. The van der Waals surface area contributed by atoms with Gasteiger partial charge in [-0.2, -0.15) is 0 Å². The van der Waals surface area contributed by atoms with Crippen LogP contribution in [0.25, 0.3) is 33.6 Å². The smallest absolute Gasteiger partial charge is 0.135 e. The van der Waals surface area contributed by atoms with Crippen molar-refractivity contribution in [3.63, 3.8) is 0 Å². The highest BCUT2D eigenvalue weighted by molar-refractivity contribution is 6.05. The van der Waals surface area contributed by atoms with Crippen molar-refractivity contribution in [1.82, 2.24) is 0 Å². The van der Waals surface area contributed by atoms with Crippen LogP contribution in [0.5, 0.6) is 5.75 Å². The van der Waals surface area contributed by atoms with E-state index in [4.69, 9.17) is 4.42 Å². The zero-order valence-electron chi connectivity index (χ0n) is 41.5. The molecule has 0 atom stereocenters. The van der Waals surface area contributed by atoms with E-state index in [0.29, 0.717) is 5.75 Å². The van der Waals surface area contributed by atoms with Crippen molar-refractivity contribution in [2.45, 2.75) is 109 Å². The Hall–Kier alpha value is -6.38. The second kappa shape index (κ2) is 34.1. The van der Waals surface area contributed by atoms with Crippen molar-refractivity contribution in [2.24, 2.45) is 0 Å². The lowest BCUT2D eigenvalue weighted by molar-refractivity contribution is 0.473. The second-order valence-corrected chi connectivity index (χ2v) is 14.1. The first-order chi connectivity index (χ1) is 31.3. The van der Waals surface area contributed by atoms with Gasteiger partial charge in [0.1, 0.15) is 16.9 Å². The van der Waals surface area contributed by atoms with Crippen molar-refractivity contribution in [1.29, 1.82) is 0 Å². The van der Waals surface area contributed by atoms with E-state index >= 15 is 0 Å². The van der Waals surface area contributed by atoms with Crippen LogP contribution in [0.2, 0.25) is 0 Å². The number of hydrogen-bond acceptors (Lipinski definition) is 2. The van der Waals surface area contributed by atoms with Gasteiger partial charge in [-0.05, 0) is 106 Å². The van der Waals surface area contributed by atoms with Crippen molar-refractivity contribution >= 4 is 33.6 Å². The molecule has 2 nitrogen and oxygen atoms in total. The molecule has 7 aromatic rings. The zero-order valence-corrected chi connectivity index (χ0v) is 41.5. The van der Waals surface area contributed by atoms with Gasteiger partial charge < -0.3 is 9.52 Å². The van der Waals surface area contributed by atoms with Gasteiger partial charge in [0.05, 0.1) is 0 Å². The minimum absolute atomic E-state index is 0.327. The van der Waals surface area contributed by atoms with E-state index in [-0.39, 0.29) is 0 Å². The van der Waals surface area contributed by atoms with Crippen LogP contribution >= 0.6 is 0 Å². The number of fused-ring (bicyclic) bond motifs is 3. The highest BCUT2D eigenvalue weighted by Crippen LogP contribution is 2.33. The monoisotopic (exact) mass is 855 g/mol. The maximum Gasteiger partial charge on any atom is 0.135 e. The van der Waals surface area contributed by atoms with Crippen LogP contribution in [-0.2, 0) is 6.42 Å². The fourth-order valence-corrected chi connectivity index (χ4v) is 6.25. The number of phenolic OH excluding ortho intramolecular Hbond substituents is 1. The van der Waals surface area contributed by atoms with E-state index in [0.717, 1.165) is 57.9 Å². The second-order valence-electron chi connectivity index (χ2n) is 14.1. The van der Waals surface area contributed by atoms with Gasteiger partial charge in [-0.25, -0.2) is 0 Å². The minimum atomic E-state index is 0.327. The van der Waals surface area contributed by atoms with Crippen molar-refractivity contribution in [3.05, 3.63) is 233 Å². The molecule has 0 fully saturated rings. The van der Waals surface area contributed by atoms with Gasteiger partial charge >= 0.3 is 0 Å². The molecule has 1 aromatic heterocycles. The maximum absolute atomic E-state index is 10.6. The molecule has 8 rings (SSSR count). The topological polar surface area (TPSA) is 33.4 Å². The van der Waals surface area contributed by atoms with Crippen LogP contribution in [0.4, 0.5) is 0 Å². The predicted molar refractivity (Wildman–Crippen MR) is 287 cm³/mol. The molecule has 64 heavy (non-hydrogen) atoms. The van der Waals surface area contributed by atoms with E-state index in [1.54, 1.807) is 0 Å². The molecule has 0 saturated heterocycles. The molecule has 0 bridgehead atoms. The first-order valence-corrected chi connectivity index (χ1v) is 23.5. The third-order valence-electron chi connectivity index (χ3n) is 9.31. The summed E-state index contributed by atoms with van der Waals surface area (Å²) < 4.78 is 5.95. The van der Waals surface area contributed by atoms with Gasteiger partial charge in [0, 0.05) is 16.3 Å². The normalized spacial score (nSPS) is 11.4. The summed E-state index contributed by atoms with van der Waals surface area (Å²) in [5, 5.41) is 12.9. The lowest BCUT2D eigenvalue weighted by Gasteiger charge is -2.14. The number of allylic oxidation sites excluding steroid dienone is 9. The minimum Gasteiger partial charge on any atom is -0.507 e. The SMILES string of the molecule is C/C=C\C(C)=C/Cc1ccc(O)c(C2=CCCC(/C=C/c3ccc4oc5ccccc5c4c3)=C2)c1.CC.CC.CC.CC.Cc1ccccc1.Cc1ccccc1.Cc1ccccc1. The number of benzene rings is 6. The third-order valence-corrected chi connectivity index (χ3v) is 9.31. The summed E-state index contributed by atoms with van der Waals surface area (Å²) in [5.41, 5.74) is 12.6.